The van der Waals surface area contributed by atoms with Gasteiger partial charge in [-0.2, -0.15) is 0 Å². The Morgan fingerprint density at radius 1 is 0.506 bits per heavy atom. The number of rotatable bonds is 18. The third kappa shape index (κ3) is 12.7. The van der Waals surface area contributed by atoms with E-state index in [1.807, 2.05) is 20.8 Å². The molecule has 0 radical (unpaired) electrons. The molecule has 0 bridgehead atoms. The smallest absolute Gasteiger partial charge is 0.187 e. The van der Waals surface area contributed by atoms with Crippen LogP contribution < -0.4 is 0 Å². The minimum Gasteiger partial charge on any atom is -0.394 e. The lowest BCUT2D eigenvalue weighted by molar-refractivity contribution is -0.372. The molecular formula is C60H102O27. The molecule has 27 nitrogen and oxygen atoms in total. The first-order valence-electron chi connectivity index (χ1n) is 31.3. The second-order valence-corrected chi connectivity index (χ2v) is 28.6. The van der Waals surface area contributed by atoms with Crippen molar-refractivity contribution in [1.82, 2.24) is 0 Å². The van der Waals surface area contributed by atoms with Crippen molar-refractivity contribution in [1.29, 1.82) is 0 Å². The summed E-state index contributed by atoms with van der Waals surface area (Å²) in [5.41, 5.74) is -1.68. The van der Waals surface area contributed by atoms with Gasteiger partial charge in [0.1, 0.15) is 116 Å². The Labute approximate surface area is 507 Å². The normalized spacial score (nSPS) is 53.3. The fourth-order valence-corrected chi connectivity index (χ4v) is 17.6. The van der Waals surface area contributed by atoms with Gasteiger partial charge in [0.2, 0.25) is 0 Å². The number of hydrogen-bond acceptors (Lipinski definition) is 27. The number of allylic oxidation sites excluding steroid dienone is 2. The number of ether oxygens (including phenoxy) is 10. The van der Waals surface area contributed by atoms with Gasteiger partial charge in [0.25, 0.3) is 0 Å². The molecule has 4 aliphatic carbocycles. The van der Waals surface area contributed by atoms with E-state index in [9.17, 15) is 86.8 Å². The highest BCUT2D eigenvalue weighted by atomic mass is 16.8. The third-order valence-corrected chi connectivity index (χ3v) is 22.9. The summed E-state index contributed by atoms with van der Waals surface area (Å²) in [6.45, 7) is 16.0. The van der Waals surface area contributed by atoms with Crippen LogP contribution in [-0.2, 0) is 47.4 Å². The maximum atomic E-state index is 12.9. The van der Waals surface area contributed by atoms with Gasteiger partial charge in [-0.15, -0.1) is 0 Å². The maximum absolute atomic E-state index is 12.9. The molecule has 0 spiro atoms. The second kappa shape index (κ2) is 26.8. The first-order chi connectivity index (χ1) is 40.7. The fraction of sp³-hybridized carbons (Fsp3) is 0.967. The van der Waals surface area contributed by atoms with Crippen LogP contribution in [0.1, 0.15) is 120 Å². The van der Waals surface area contributed by atoms with E-state index < -0.39 is 209 Å². The fourth-order valence-electron chi connectivity index (χ4n) is 17.6. The summed E-state index contributed by atoms with van der Waals surface area (Å²) >= 11 is 0. The molecular weight excluding hydrogens is 1150 g/mol. The molecule has 0 aromatic carbocycles. The molecule has 504 valence electrons. The highest BCUT2D eigenvalue weighted by Crippen LogP contribution is 2.76. The molecule has 5 aliphatic heterocycles. The molecule has 9 rings (SSSR count). The van der Waals surface area contributed by atoms with Gasteiger partial charge < -0.3 is 134 Å². The topological polar surface area (TPSA) is 436 Å². The molecule has 9 fully saturated rings. The summed E-state index contributed by atoms with van der Waals surface area (Å²) in [6.07, 6.45) is -33.6. The van der Waals surface area contributed by atoms with Crippen LogP contribution in [0.3, 0.4) is 0 Å². The molecule has 0 amide bonds. The van der Waals surface area contributed by atoms with E-state index in [4.69, 9.17) is 47.4 Å². The standard InChI is InChI=1S/C60H102O27/c1-24(2)11-10-15-60(9,87-54-49(77)44(72)40(68)31(84-54)22-78-51-46(74)41(69)37(65)28(20-61)81-51)26-12-17-59(8)35(26)27(63)19-33-57(6)16-14-34(56(4,5)32(57)13-18-58(33,59)7)85-52-47(75)43(71)39(67)30(83-52)23-79-55-50(45(73)36(64)25(3)80-55)86-53-48(76)42(70)38(66)29(21-62)82-53/h11,25-55,61-77H,10,12-23H2,1-9H3/t25-,26?,27+,28+,29+,30+,31+,32?,33?,34-,35?,36+,37+,38+,39+,40-,41-,42-,43-,44+,45+,46+,47+,48+,49+,50+,51-,52+,53-,54-,55-,57+,58+,59+,60-/m0/s1. The van der Waals surface area contributed by atoms with E-state index in [0.29, 0.717) is 38.5 Å². The maximum Gasteiger partial charge on any atom is 0.187 e. The lowest BCUT2D eigenvalue weighted by atomic mass is 9.35. The van der Waals surface area contributed by atoms with Gasteiger partial charge >= 0.3 is 0 Å². The van der Waals surface area contributed by atoms with Gasteiger partial charge in [-0.25, -0.2) is 0 Å². The lowest BCUT2D eigenvalue weighted by Gasteiger charge is -2.71. The van der Waals surface area contributed by atoms with Crippen LogP contribution in [0, 0.1) is 45.3 Å². The summed E-state index contributed by atoms with van der Waals surface area (Å²) < 4.78 is 60.5. The minimum absolute atomic E-state index is 0.0225. The molecule has 4 saturated carbocycles. The van der Waals surface area contributed by atoms with Crippen LogP contribution in [0.15, 0.2) is 11.6 Å². The van der Waals surface area contributed by atoms with Gasteiger partial charge in [0.05, 0.1) is 50.3 Å². The first kappa shape index (κ1) is 70.0. The van der Waals surface area contributed by atoms with E-state index in [0.717, 1.165) is 24.8 Å². The molecule has 5 heterocycles. The largest absolute Gasteiger partial charge is 0.394 e. The van der Waals surface area contributed by atoms with Gasteiger partial charge in [-0.05, 0) is 131 Å². The zero-order chi connectivity index (χ0) is 63.9. The zero-order valence-electron chi connectivity index (χ0n) is 51.4. The Hall–Kier alpha value is -1.34. The molecule has 0 aromatic rings. The van der Waals surface area contributed by atoms with Crippen molar-refractivity contribution in [2.45, 2.75) is 291 Å². The Kier molecular flexibility index (Phi) is 21.6. The number of hydrogen-bond donors (Lipinski definition) is 17. The van der Waals surface area contributed by atoms with Gasteiger partial charge in [-0.3, -0.25) is 0 Å². The summed E-state index contributed by atoms with van der Waals surface area (Å²) in [4.78, 5) is 0. The Balaban J connectivity index is 0.884. The quantitative estimate of drug-likeness (QED) is 0.0471. The molecule has 35 atom stereocenters. The van der Waals surface area contributed by atoms with Gasteiger partial charge in [-0.1, -0.05) is 46.3 Å². The first-order valence-corrected chi connectivity index (χ1v) is 31.3. The predicted octanol–water partition coefficient (Wildman–Crippen LogP) is -3.35. The van der Waals surface area contributed by atoms with Crippen molar-refractivity contribution in [3.05, 3.63) is 11.6 Å². The zero-order valence-corrected chi connectivity index (χ0v) is 51.4. The molecule has 17 N–H and O–H groups in total. The van der Waals surface area contributed by atoms with Crippen LogP contribution in [0.5, 0.6) is 0 Å². The highest BCUT2D eigenvalue weighted by molar-refractivity contribution is 5.21. The molecule has 0 aromatic heterocycles. The SMILES string of the molecule is CC(C)=CCC[C@](C)(O[C@@H]1O[C@H](CO[C@H]2O[C@H](CO)[C@@H](O)[C@H](O)[C@H]2O)[C@H](O)[C@@H](O)[C@H]1O)C1CC[C@]2(C)C1[C@H](O)CC1[C@]3(C)CC[C@H](O[C@H]4O[C@H](CO[C@H]5O[C@@H](C)[C@@H](O)[C@@H](O)[C@H]5O[C@@H]5O[C@H](CO)[C@@H](O)[C@H](O)[C@H]5O)[C@@H](O)[C@H](O)[C@H]4O)C(C)(C)C3CC[C@]12C. The van der Waals surface area contributed by atoms with E-state index >= 15 is 0 Å². The van der Waals surface area contributed by atoms with Gasteiger partial charge in [0.15, 0.2) is 31.5 Å². The highest BCUT2D eigenvalue weighted by Gasteiger charge is 2.72. The average molecular weight is 1260 g/mol. The number of aliphatic hydroxyl groups excluding tert-OH is 17. The van der Waals surface area contributed by atoms with Crippen molar-refractivity contribution in [3.8, 4) is 0 Å². The van der Waals surface area contributed by atoms with Gasteiger partial charge in [0, 0.05) is 0 Å². The van der Waals surface area contributed by atoms with E-state index in [1.165, 1.54) is 6.92 Å². The van der Waals surface area contributed by atoms with E-state index in [1.54, 1.807) is 0 Å². The van der Waals surface area contributed by atoms with Crippen molar-refractivity contribution in [3.63, 3.8) is 0 Å². The molecule has 27 heteroatoms. The van der Waals surface area contributed by atoms with Crippen LogP contribution in [0.2, 0.25) is 0 Å². The number of fused-ring (bicyclic) bond motifs is 5. The Morgan fingerprint density at radius 2 is 0.989 bits per heavy atom. The molecule has 5 saturated heterocycles. The molecule has 9 aliphatic rings. The average Bonchev–Trinajstić information content (AvgIpc) is 1.68. The second-order valence-electron chi connectivity index (χ2n) is 28.6. The monoisotopic (exact) mass is 1250 g/mol. The van der Waals surface area contributed by atoms with E-state index in [2.05, 4.69) is 40.7 Å². The van der Waals surface area contributed by atoms with Crippen molar-refractivity contribution >= 4 is 0 Å². The van der Waals surface area contributed by atoms with E-state index in [-0.39, 0.29) is 34.5 Å². The van der Waals surface area contributed by atoms with Crippen LogP contribution >= 0.6 is 0 Å². The number of aliphatic hydroxyl groups is 17. The van der Waals surface area contributed by atoms with Crippen molar-refractivity contribution in [2.24, 2.45) is 45.3 Å². The summed E-state index contributed by atoms with van der Waals surface area (Å²) in [5, 5.41) is 185. The van der Waals surface area contributed by atoms with Crippen LogP contribution in [0.4, 0.5) is 0 Å². The molecule has 87 heavy (non-hydrogen) atoms. The van der Waals surface area contributed by atoms with Crippen molar-refractivity contribution < 1.29 is 134 Å². The van der Waals surface area contributed by atoms with Crippen molar-refractivity contribution in [2.75, 3.05) is 26.4 Å². The summed E-state index contributed by atoms with van der Waals surface area (Å²) in [7, 11) is 0. The molecule has 4 unspecified atom stereocenters. The predicted molar refractivity (Wildman–Crippen MR) is 297 cm³/mol. The lowest BCUT2D eigenvalue weighted by Crippen LogP contribution is -2.67. The summed E-state index contributed by atoms with van der Waals surface area (Å²) in [6, 6.07) is 0. The van der Waals surface area contributed by atoms with Crippen LogP contribution in [-0.4, -0.2) is 285 Å². The minimum atomic E-state index is -1.87. The Bertz CT molecular complexity index is 2300. The third-order valence-electron chi connectivity index (χ3n) is 22.9. The Morgan fingerprint density at radius 3 is 1.55 bits per heavy atom. The van der Waals surface area contributed by atoms with Crippen LogP contribution in [0.25, 0.3) is 0 Å². The summed E-state index contributed by atoms with van der Waals surface area (Å²) in [5.74, 6) is -0.532.